The maximum atomic E-state index is 3.92. The molecule has 1 atom stereocenters. The van der Waals surface area contributed by atoms with Crippen LogP contribution in [0.4, 0.5) is 5.00 Å². The van der Waals surface area contributed by atoms with Crippen molar-refractivity contribution in [3.63, 3.8) is 0 Å². The van der Waals surface area contributed by atoms with Crippen LogP contribution in [0.5, 0.6) is 0 Å². The minimum atomic E-state index is 0.575. The Balaban J connectivity index is 2.14. The third-order valence-corrected chi connectivity index (χ3v) is 3.39. The predicted octanol–water partition coefficient (Wildman–Crippen LogP) is 0.972. The van der Waals surface area contributed by atoms with E-state index in [2.05, 4.69) is 33.7 Å². The van der Waals surface area contributed by atoms with Gasteiger partial charge in [-0.05, 0) is 5.92 Å². The van der Waals surface area contributed by atoms with Crippen LogP contribution in [0.15, 0.2) is 6.20 Å². The predicted molar refractivity (Wildman–Crippen MR) is 58.8 cm³/mol. The van der Waals surface area contributed by atoms with Gasteiger partial charge in [-0.2, -0.15) is 0 Å². The van der Waals surface area contributed by atoms with Crippen molar-refractivity contribution in [3.8, 4) is 0 Å². The van der Waals surface area contributed by atoms with Crippen molar-refractivity contribution in [1.29, 1.82) is 0 Å². The number of anilines is 1. The standard InChI is InChI=1S/C9H16N4S/c1-7(2)8-5-10-3-4-13(8)9-6-11-12-14-9/h6-8,10H,3-5H2,1-2H3. The van der Waals surface area contributed by atoms with Gasteiger partial charge in [-0.1, -0.05) is 18.3 Å². The van der Waals surface area contributed by atoms with Crippen LogP contribution in [0.1, 0.15) is 13.8 Å². The van der Waals surface area contributed by atoms with Crippen molar-refractivity contribution in [2.45, 2.75) is 19.9 Å². The summed E-state index contributed by atoms with van der Waals surface area (Å²) < 4.78 is 3.92. The first kappa shape index (κ1) is 9.86. The summed E-state index contributed by atoms with van der Waals surface area (Å²) in [5, 5.41) is 8.53. The number of rotatable bonds is 2. The molecule has 1 aliphatic rings. The Bertz CT molecular complexity index is 272. The van der Waals surface area contributed by atoms with E-state index in [1.165, 1.54) is 16.5 Å². The zero-order chi connectivity index (χ0) is 9.97. The lowest BCUT2D eigenvalue weighted by Crippen LogP contribution is -2.53. The second-order valence-electron chi connectivity index (χ2n) is 3.96. The van der Waals surface area contributed by atoms with Crippen LogP contribution in [0.2, 0.25) is 0 Å². The van der Waals surface area contributed by atoms with E-state index in [1.807, 2.05) is 6.20 Å². The van der Waals surface area contributed by atoms with Gasteiger partial charge in [0, 0.05) is 37.2 Å². The van der Waals surface area contributed by atoms with Gasteiger partial charge in [0.15, 0.2) is 0 Å². The van der Waals surface area contributed by atoms with E-state index in [0.29, 0.717) is 12.0 Å². The average molecular weight is 212 g/mol. The fraction of sp³-hybridized carbons (Fsp3) is 0.778. The molecule has 1 saturated heterocycles. The number of aromatic nitrogens is 2. The summed E-state index contributed by atoms with van der Waals surface area (Å²) in [4.78, 5) is 2.42. The SMILES string of the molecule is CC(C)C1CNCCN1c1cnns1. The van der Waals surface area contributed by atoms with E-state index in [1.54, 1.807) is 0 Å². The molecular formula is C9H16N4S. The van der Waals surface area contributed by atoms with E-state index >= 15 is 0 Å². The quantitative estimate of drug-likeness (QED) is 0.793. The molecule has 0 aliphatic carbocycles. The second-order valence-corrected chi connectivity index (χ2v) is 4.73. The summed E-state index contributed by atoms with van der Waals surface area (Å²) in [7, 11) is 0. The smallest absolute Gasteiger partial charge is 0.133 e. The molecule has 1 N–H and O–H groups in total. The van der Waals surface area contributed by atoms with Crippen LogP contribution in [0.25, 0.3) is 0 Å². The van der Waals surface area contributed by atoms with Crippen molar-refractivity contribution in [2.24, 2.45) is 5.92 Å². The number of nitrogens with zero attached hydrogens (tertiary/aromatic N) is 3. The van der Waals surface area contributed by atoms with Gasteiger partial charge >= 0.3 is 0 Å². The Hall–Kier alpha value is -0.680. The summed E-state index contributed by atoms with van der Waals surface area (Å²) in [5.74, 6) is 0.657. The highest BCUT2D eigenvalue weighted by atomic mass is 32.1. The van der Waals surface area contributed by atoms with Gasteiger partial charge in [-0.3, -0.25) is 0 Å². The minimum Gasteiger partial charge on any atom is -0.355 e. The van der Waals surface area contributed by atoms with E-state index in [4.69, 9.17) is 0 Å². The van der Waals surface area contributed by atoms with Crippen molar-refractivity contribution in [2.75, 3.05) is 24.5 Å². The normalized spacial score (nSPS) is 23.1. The molecule has 1 aromatic heterocycles. The Labute approximate surface area is 88.5 Å². The van der Waals surface area contributed by atoms with Crippen LogP contribution in [0.3, 0.4) is 0 Å². The molecular weight excluding hydrogens is 196 g/mol. The molecule has 1 fully saturated rings. The van der Waals surface area contributed by atoms with Crippen LogP contribution < -0.4 is 10.2 Å². The van der Waals surface area contributed by atoms with Crippen molar-refractivity contribution >= 4 is 16.5 Å². The third-order valence-electron chi connectivity index (χ3n) is 2.69. The zero-order valence-corrected chi connectivity index (χ0v) is 9.42. The highest BCUT2D eigenvalue weighted by Gasteiger charge is 2.25. The maximum Gasteiger partial charge on any atom is 0.133 e. The van der Waals surface area contributed by atoms with Gasteiger partial charge in [0.05, 0.1) is 6.20 Å². The van der Waals surface area contributed by atoms with Gasteiger partial charge < -0.3 is 10.2 Å². The monoisotopic (exact) mass is 212 g/mol. The summed E-state index contributed by atoms with van der Waals surface area (Å²) in [6.45, 7) is 7.71. The van der Waals surface area contributed by atoms with Gasteiger partial charge in [0.1, 0.15) is 5.00 Å². The Morgan fingerprint density at radius 2 is 2.50 bits per heavy atom. The third kappa shape index (κ3) is 1.88. The highest BCUT2D eigenvalue weighted by Crippen LogP contribution is 2.23. The first-order valence-electron chi connectivity index (χ1n) is 5.03. The largest absolute Gasteiger partial charge is 0.355 e. The molecule has 14 heavy (non-hydrogen) atoms. The van der Waals surface area contributed by atoms with Crippen LogP contribution in [0, 0.1) is 5.92 Å². The fourth-order valence-electron chi connectivity index (χ4n) is 1.88. The Morgan fingerprint density at radius 3 is 3.14 bits per heavy atom. The maximum absolute atomic E-state index is 3.92. The number of hydrogen-bond donors (Lipinski definition) is 1. The second kappa shape index (κ2) is 4.23. The molecule has 1 unspecified atom stereocenters. The summed E-state index contributed by atoms with van der Waals surface area (Å²) in [5.41, 5.74) is 0. The van der Waals surface area contributed by atoms with Crippen molar-refractivity contribution in [1.82, 2.24) is 14.9 Å². The average Bonchev–Trinajstić information content (AvgIpc) is 2.70. The van der Waals surface area contributed by atoms with Crippen molar-refractivity contribution < 1.29 is 0 Å². The van der Waals surface area contributed by atoms with Gasteiger partial charge in [-0.15, -0.1) is 5.10 Å². The first-order valence-corrected chi connectivity index (χ1v) is 5.81. The zero-order valence-electron chi connectivity index (χ0n) is 8.60. The molecule has 0 saturated carbocycles. The van der Waals surface area contributed by atoms with Gasteiger partial charge in [-0.25, -0.2) is 0 Å². The highest BCUT2D eigenvalue weighted by molar-refractivity contribution is 7.09. The first-order chi connectivity index (χ1) is 6.79. The molecule has 78 valence electrons. The number of piperazine rings is 1. The van der Waals surface area contributed by atoms with E-state index in [9.17, 15) is 0 Å². The van der Waals surface area contributed by atoms with Crippen LogP contribution in [-0.4, -0.2) is 35.3 Å². The van der Waals surface area contributed by atoms with E-state index in [0.717, 1.165) is 19.6 Å². The van der Waals surface area contributed by atoms with Gasteiger partial charge in [0.25, 0.3) is 0 Å². The molecule has 2 rings (SSSR count). The molecule has 5 heteroatoms. The lowest BCUT2D eigenvalue weighted by atomic mass is 10.0. The lowest BCUT2D eigenvalue weighted by Gasteiger charge is -2.38. The van der Waals surface area contributed by atoms with Crippen LogP contribution >= 0.6 is 11.5 Å². The Morgan fingerprint density at radius 1 is 1.64 bits per heavy atom. The van der Waals surface area contributed by atoms with Crippen LogP contribution in [-0.2, 0) is 0 Å². The molecule has 2 heterocycles. The van der Waals surface area contributed by atoms with Crippen molar-refractivity contribution in [3.05, 3.63) is 6.20 Å². The number of nitrogens with one attached hydrogen (secondary N) is 1. The molecule has 0 amide bonds. The van der Waals surface area contributed by atoms with E-state index < -0.39 is 0 Å². The molecule has 0 spiro atoms. The topological polar surface area (TPSA) is 41.0 Å². The summed E-state index contributed by atoms with van der Waals surface area (Å²) in [6.07, 6.45) is 1.87. The molecule has 1 aliphatic heterocycles. The van der Waals surface area contributed by atoms with E-state index in [-0.39, 0.29) is 0 Å². The molecule has 4 nitrogen and oxygen atoms in total. The Kier molecular flexibility index (Phi) is 2.98. The summed E-state index contributed by atoms with van der Waals surface area (Å²) >= 11 is 1.49. The number of hydrogen-bond acceptors (Lipinski definition) is 5. The lowest BCUT2D eigenvalue weighted by molar-refractivity contribution is 0.392. The summed E-state index contributed by atoms with van der Waals surface area (Å²) in [6, 6.07) is 0.575. The molecule has 1 aromatic rings. The minimum absolute atomic E-state index is 0.575. The van der Waals surface area contributed by atoms with Gasteiger partial charge in [0.2, 0.25) is 0 Å². The molecule has 0 aromatic carbocycles. The molecule has 0 bridgehead atoms. The molecule has 0 radical (unpaired) electrons. The fourth-order valence-corrected chi connectivity index (χ4v) is 2.49.